The second-order valence-electron chi connectivity index (χ2n) is 6.80. The first-order chi connectivity index (χ1) is 14.1. The van der Waals surface area contributed by atoms with Crippen LogP contribution < -0.4 is 10.6 Å². The first-order valence-electron chi connectivity index (χ1n) is 9.60. The van der Waals surface area contributed by atoms with E-state index in [1.54, 1.807) is 4.80 Å². The SMILES string of the molecule is CCCCC(=O)NC(=S)Nc1ccc2nn(-c3cccc4ccccc34)nc2c1. The summed E-state index contributed by atoms with van der Waals surface area (Å²) in [7, 11) is 0. The lowest BCUT2D eigenvalue weighted by Crippen LogP contribution is -2.33. The number of thiocarbonyl (C=S) groups is 1. The normalized spacial score (nSPS) is 10.9. The summed E-state index contributed by atoms with van der Waals surface area (Å²) in [4.78, 5) is 13.5. The Hall–Kier alpha value is -3.32. The maximum absolute atomic E-state index is 11.8. The van der Waals surface area contributed by atoms with Gasteiger partial charge in [0.2, 0.25) is 5.91 Å². The summed E-state index contributed by atoms with van der Waals surface area (Å²) in [5.74, 6) is -0.0765. The second kappa shape index (κ2) is 8.36. The van der Waals surface area contributed by atoms with Crippen LogP contribution in [0.15, 0.2) is 60.7 Å². The average molecular weight is 404 g/mol. The van der Waals surface area contributed by atoms with Crippen LogP contribution in [-0.2, 0) is 4.79 Å². The lowest BCUT2D eigenvalue weighted by Gasteiger charge is -2.09. The number of fused-ring (bicyclic) bond motifs is 2. The molecule has 4 aromatic rings. The highest BCUT2D eigenvalue weighted by Gasteiger charge is 2.10. The first kappa shape index (κ1) is 19.0. The molecule has 0 bridgehead atoms. The largest absolute Gasteiger partial charge is 0.332 e. The summed E-state index contributed by atoms with van der Waals surface area (Å²) in [6.45, 7) is 2.05. The number of nitrogens with one attached hydrogen (secondary N) is 2. The summed E-state index contributed by atoms with van der Waals surface area (Å²) in [5, 5.41) is 17.5. The Labute approximate surface area is 173 Å². The van der Waals surface area contributed by atoms with Crippen LogP contribution >= 0.6 is 12.2 Å². The second-order valence-corrected chi connectivity index (χ2v) is 7.21. The number of aromatic nitrogens is 3. The highest BCUT2D eigenvalue weighted by atomic mass is 32.1. The molecule has 0 saturated carbocycles. The van der Waals surface area contributed by atoms with Gasteiger partial charge in [-0.25, -0.2) is 0 Å². The zero-order chi connectivity index (χ0) is 20.2. The third-order valence-electron chi connectivity index (χ3n) is 4.63. The van der Waals surface area contributed by atoms with E-state index in [1.807, 2.05) is 49.4 Å². The van der Waals surface area contributed by atoms with E-state index >= 15 is 0 Å². The smallest absolute Gasteiger partial charge is 0.226 e. The minimum absolute atomic E-state index is 0.0765. The number of rotatable bonds is 5. The third-order valence-corrected chi connectivity index (χ3v) is 4.83. The summed E-state index contributed by atoms with van der Waals surface area (Å²) < 4.78 is 0. The van der Waals surface area contributed by atoms with Crippen molar-refractivity contribution in [3.05, 3.63) is 60.7 Å². The number of unbranched alkanes of at least 4 members (excludes halogenated alkanes) is 1. The van der Waals surface area contributed by atoms with E-state index in [0.29, 0.717) is 6.42 Å². The number of hydrogen-bond donors (Lipinski definition) is 2. The Bertz CT molecular complexity index is 1190. The van der Waals surface area contributed by atoms with Crippen LogP contribution in [0, 0.1) is 0 Å². The Morgan fingerprint density at radius 2 is 1.83 bits per heavy atom. The molecule has 146 valence electrons. The van der Waals surface area contributed by atoms with Crippen molar-refractivity contribution in [1.82, 2.24) is 20.3 Å². The molecule has 0 aliphatic heterocycles. The van der Waals surface area contributed by atoms with Crippen molar-refractivity contribution in [2.45, 2.75) is 26.2 Å². The van der Waals surface area contributed by atoms with E-state index < -0.39 is 0 Å². The van der Waals surface area contributed by atoms with Gasteiger partial charge in [0, 0.05) is 17.5 Å². The molecule has 29 heavy (non-hydrogen) atoms. The fourth-order valence-corrected chi connectivity index (χ4v) is 3.40. The van der Waals surface area contributed by atoms with E-state index in [0.717, 1.165) is 46.0 Å². The molecule has 0 unspecified atom stereocenters. The highest BCUT2D eigenvalue weighted by molar-refractivity contribution is 7.80. The number of carbonyl (C=O) groups is 1. The van der Waals surface area contributed by atoms with Crippen molar-refractivity contribution < 1.29 is 4.79 Å². The van der Waals surface area contributed by atoms with Crippen LogP contribution in [0.5, 0.6) is 0 Å². The Balaban J connectivity index is 1.56. The monoisotopic (exact) mass is 403 g/mol. The maximum Gasteiger partial charge on any atom is 0.226 e. The van der Waals surface area contributed by atoms with E-state index in [1.165, 1.54) is 0 Å². The van der Waals surface area contributed by atoms with Crippen LogP contribution in [0.3, 0.4) is 0 Å². The zero-order valence-corrected chi connectivity index (χ0v) is 16.9. The van der Waals surface area contributed by atoms with E-state index in [2.05, 4.69) is 39.0 Å². The molecule has 0 fully saturated rings. The molecule has 0 aliphatic rings. The van der Waals surface area contributed by atoms with Gasteiger partial charge in [0.25, 0.3) is 0 Å². The summed E-state index contributed by atoms with van der Waals surface area (Å²) in [6.07, 6.45) is 2.28. The van der Waals surface area contributed by atoms with Gasteiger partial charge >= 0.3 is 0 Å². The molecule has 3 aromatic carbocycles. The quantitative estimate of drug-likeness (QED) is 0.477. The van der Waals surface area contributed by atoms with E-state index in [4.69, 9.17) is 12.2 Å². The molecule has 0 spiro atoms. The summed E-state index contributed by atoms with van der Waals surface area (Å²) in [5.41, 5.74) is 3.19. The van der Waals surface area contributed by atoms with Crippen molar-refractivity contribution in [2.75, 3.05) is 5.32 Å². The van der Waals surface area contributed by atoms with Crippen LogP contribution in [0.25, 0.3) is 27.5 Å². The average Bonchev–Trinajstić information content (AvgIpc) is 3.15. The molecule has 0 aliphatic carbocycles. The van der Waals surface area contributed by atoms with E-state index in [9.17, 15) is 4.79 Å². The summed E-state index contributed by atoms with van der Waals surface area (Å²) in [6, 6.07) is 19.8. The van der Waals surface area contributed by atoms with Crippen molar-refractivity contribution in [3.63, 3.8) is 0 Å². The standard InChI is InChI=1S/C22H21N5OS/c1-2-3-11-21(28)24-22(29)23-16-12-13-18-19(14-16)26-27(25-18)20-10-6-8-15-7-4-5-9-17(15)20/h4-10,12-14H,2-3,11H2,1H3,(H2,23,24,28,29). The highest BCUT2D eigenvalue weighted by Crippen LogP contribution is 2.23. The Morgan fingerprint density at radius 3 is 2.69 bits per heavy atom. The molecule has 7 heteroatoms. The number of benzene rings is 3. The Kier molecular flexibility index (Phi) is 5.48. The molecule has 0 radical (unpaired) electrons. The number of anilines is 1. The predicted molar refractivity (Wildman–Crippen MR) is 120 cm³/mol. The molecule has 1 aromatic heterocycles. The predicted octanol–water partition coefficient (Wildman–Crippen LogP) is 4.58. The Morgan fingerprint density at radius 1 is 1.03 bits per heavy atom. The summed E-state index contributed by atoms with van der Waals surface area (Å²) >= 11 is 5.24. The molecule has 0 saturated heterocycles. The fourth-order valence-electron chi connectivity index (χ4n) is 3.17. The van der Waals surface area contributed by atoms with Crippen molar-refractivity contribution >= 4 is 50.7 Å². The van der Waals surface area contributed by atoms with Gasteiger partial charge < -0.3 is 10.6 Å². The molecule has 4 rings (SSSR count). The first-order valence-corrected chi connectivity index (χ1v) is 10.0. The molecule has 1 heterocycles. The maximum atomic E-state index is 11.8. The van der Waals surface area contributed by atoms with Gasteiger partial charge in [0.1, 0.15) is 11.0 Å². The van der Waals surface area contributed by atoms with E-state index in [-0.39, 0.29) is 11.0 Å². The topological polar surface area (TPSA) is 71.8 Å². The molecular formula is C22H21N5OS. The van der Waals surface area contributed by atoms with Gasteiger partial charge in [0.15, 0.2) is 5.11 Å². The zero-order valence-electron chi connectivity index (χ0n) is 16.1. The molecule has 0 atom stereocenters. The lowest BCUT2D eigenvalue weighted by molar-refractivity contribution is -0.119. The van der Waals surface area contributed by atoms with Crippen LogP contribution in [-0.4, -0.2) is 26.0 Å². The van der Waals surface area contributed by atoms with Crippen LogP contribution in [0.1, 0.15) is 26.2 Å². The van der Waals surface area contributed by atoms with Gasteiger partial charge in [-0.2, -0.15) is 0 Å². The van der Waals surface area contributed by atoms with Crippen LogP contribution in [0.4, 0.5) is 5.69 Å². The van der Waals surface area contributed by atoms with Gasteiger partial charge in [-0.15, -0.1) is 15.0 Å². The molecule has 2 N–H and O–H groups in total. The van der Waals surface area contributed by atoms with Crippen LogP contribution in [0.2, 0.25) is 0 Å². The number of nitrogens with zero attached hydrogens (tertiary/aromatic N) is 3. The number of amides is 1. The van der Waals surface area contributed by atoms with Gasteiger partial charge in [0.05, 0.1) is 5.69 Å². The van der Waals surface area contributed by atoms with Gasteiger partial charge in [-0.1, -0.05) is 49.7 Å². The fraction of sp³-hybridized carbons (Fsp3) is 0.182. The van der Waals surface area contributed by atoms with Gasteiger partial charge in [-0.05, 0) is 48.3 Å². The lowest BCUT2D eigenvalue weighted by atomic mass is 10.1. The molecule has 1 amide bonds. The van der Waals surface area contributed by atoms with Crippen molar-refractivity contribution in [1.29, 1.82) is 0 Å². The van der Waals surface area contributed by atoms with Crippen molar-refractivity contribution in [3.8, 4) is 5.69 Å². The minimum Gasteiger partial charge on any atom is -0.332 e. The molecule has 6 nitrogen and oxygen atoms in total. The minimum atomic E-state index is -0.0765. The van der Waals surface area contributed by atoms with Crippen molar-refractivity contribution in [2.24, 2.45) is 0 Å². The molecular weight excluding hydrogens is 382 g/mol. The van der Waals surface area contributed by atoms with Gasteiger partial charge in [-0.3, -0.25) is 4.79 Å². The number of carbonyl (C=O) groups excluding carboxylic acids is 1. The number of hydrogen-bond acceptors (Lipinski definition) is 4. The third kappa shape index (κ3) is 4.25.